The number of aromatic nitrogens is 4. The van der Waals surface area contributed by atoms with Gasteiger partial charge < -0.3 is 19.1 Å². The van der Waals surface area contributed by atoms with Gasteiger partial charge in [-0.05, 0) is 36.0 Å². The molecule has 2 aliphatic heterocycles. The number of carbonyl (C=O) groups is 1. The maximum atomic E-state index is 13.0. The van der Waals surface area contributed by atoms with Crippen molar-refractivity contribution in [2.75, 3.05) is 44.3 Å². The fraction of sp³-hybridized carbons (Fsp3) is 0.355. The molecule has 8 heteroatoms. The first kappa shape index (κ1) is 24.0. The Labute approximate surface area is 228 Å². The number of rotatable bonds is 5. The first-order valence-corrected chi connectivity index (χ1v) is 13.9. The number of anilines is 1. The van der Waals surface area contributed by atoms with Gasteiger partial charge in [-0.1, -0.05) is 60.7 Å². The Bertz CT molecular complexity index is 1530. The first-order valence-electron chi connectivity index (χ1n) is 13.9. The fourth-order valence-corrected chi connectivity index (χ4v) is 6.04. The molecule has 2 saturated heterocycles. The Hall–Kier alpha value is -4.04. The van der Waals surface area contributed by atoms with Crippen molar-refractivity contribution in [1.82, 2.24) is 24.4 Å². The molecule has 198 valence electrons. The second kappa shape index (κ2) is 10.3. The Kier molecular flexibility index (Phi) is 6.32. The van der Waals surface area contributed by atoms with Gasteiger partial charge in [0.2, 0.25) is 11.9 Å². The third kappa shape index (κ3) is 4.59. The maximum Gasteiger partial charge on any atom is 0.228 e. The number of amides is 1. The summed E-state index contributed by atoms with van der Waals surface area (Å²) in [5, 5.41) is 0. The summed E-state index contributed by atoms with van der Waals surface area (Å²) in [4.78, 5) is 32.2. The standard InChI is InChI=1S/C31H32N6O2/c38-27(20-22-6-2-1-3-7-22)35-14-12-24(13-15-35)37-21-32-29-28(26-11-5-9-23-8-4-10-25(23)26)33-31(34-30(29)37)36-16-18-39-19-17-36/h1-7,9-11,21,24H,8,12-20H2. The maximum absolute atomic E-state index is 13.0. The van der Waals surface area contributed by atoms with E-state index in [0.29, 0.717) is 19.6 Å². The fourth-order valence-electron chi connectivity index (χ4n) is 6.04. The highest BCUT2D eigenvalue weighted by molar-refractivity contribution is 5.92. The van der Waals surface area contributed by atoms with Gasteiger partial charge in [0.15, 0.2) is 5.65 Å². The van der Waals surface area contributed by atoms with E-state index >= 15 is 0 Å². The predicted octanol–water partition coefficient (Wildman–Crippen LogP) is 4.31. The van der Waals surface area contributed by atoms with Gasteiger partial charge in [-0.2, -0.15) is 4.98 Å². The topological polar surface area (TPSA) is 76.4 Å². The average Bonchev–Trinajstić information content (AvgIpc) is 3.65. The van der Waals surface area contributed by atoms with Crippen LogP contribution in [0.4, 0.5) is 5.95 Å². The Morgan fingerprint density at radius 1 is 0.949 bits per heavy atom. The molecule has 7 rings (SSSR count). The van der Waals surface area contributed by atoms with E-state index in [1.54, 1.807) is 0 Å². The molecular formula is C31H32N6O2. The molecule has 0 atom stereocenters. The van der Waals surface area contributed by atoms with Crippen LogP contribution < -0.4 is 4.90 Å². The van der Waals surface area contributed by atoms with Gasteiger partial charge >= 0.3 is 0 Å². The number of likely N-dealkylation sites (tertiary alicyclic amines) is 1. The molecule has 4 heterocycles. The molecule has 4 aromatic rings. The summed E-state index contributed by atoms with van der Waals surface area (Å²) in [5.41, 5.74) is 7.31. The largest absolute Gasteiger partial charge is 0.378 e. The number of hydrogen-bond donors (Lipinski definition) is 0. The van der Waals surface area contributed by atoms with E-state index in [0.717, 1.165) is 79.4 Å². The SMILES string of the molecule is O=C(Cc1ccccc1)N1CCC(n2cnc3c(-c4cccc5c4C=CC5)nc(N4CCOCC4)nc32)CC1. The monoisotopic (exact) mass is 520 g/mol. The van der Waals surface area contributed by atoms with E-state index in [1.807, 2.05) is 41.6 Å². The van der Waals surface area contributed by atoms with Crippen LogP contribution in [-0.2, 0) is 22.4 Å². The van der Waals surface area contributed by atoms with Crippen LogP contribution in [0.25, 0.3) is 28.5 Å². The molecule has 2 fully saturated rings. The molecule has 1 aliphatic carbocycles. The van der Waals surface area contributed by atoms with Crippen molar-refractivity contribution in [2.24, 2.45) is 0 Å². The van der Waals surface area contributed by atoms with Gasteiger partial charge in [-0.15, -0.1) is 0 Å². The van der Waals surface area contributed by atoms with E-state index in [9.17, 15) is 4.79 Å². The van der Waals surface area contributed by atoms with Crippen LogP contribution >= 0.6 is 0 Å². The zero-order valence-electron chi connectivity index (χ0n) is 22.0. The molecule has 0 unspecified atom stereocenters. The highest BCUT2D eigenvalue weighted by atomic mass is 16.5. The number of ether oxygens (including phenoxy) is 1. The van der Waals surface area contributed by atoms with Crippen LogP contribution in [0, 0.1) is 0 Å². The molecule has 1 amide bonds. The second-order valence-corrected chi connectivity index (χ2v) is 10.6. The third-order valence-electron chi connectivity index (χ3n) is 8.19. The lowest BCUT2D eigenvalue weighted by Gasteiger charge is -2.33. The normalized spacial score (nSPS) is 17.6. The Morgan fingerprint density at radius 3 is 2.59 bits per heavy atom. The number of benzene rings is 2. The van der Waals surface area contributed by atoms with E-state index in [1.165, 1.54) is 11.1 Å². The second-order valence-electron chi connectivity index (χ2n) is 10.6. The number of fused-ring (bicyclic) bond motifs is 2. The smallest absolute Gasteiger partial charge is 0.228 e. The van der Waals surface area contributed by atoms with Crippen molar-refractivity contribution >= 4 is 29.1 Å². The summed E-state index contributed by atoms with van der Waals surface area (Å²) in [6.07, 6.45) is 9.49. The van der Waals surface area contributed by atoms with Crippen LogP contribution in [0.1, 0.15) is 35.6 Å². The van der Waals surface area contributed by atoms with Crippen LogP contribution in [-0.4, -0.2) is 69.7 Å². The minimum Gasteiger partial charge on any atom is -0.378 e. The van der Waals surface area contributed by atoms with Gasteiger partial charge in [-0.25, -0.2) is 9.97 Å². The van der Waals surface area contributed by atoms with Crippen LogP contribution in [0.3, 0.4) is 0 Å². The molecule has 0 N–H and O–H groups in total. The number of piperidine rings is 1. The van der Waals surface area contributed by atoms with Gasteiger partial charge in [0.05, 0.1) is 26.0 Å². The Balaban J connectivity index is 1.20. The summed E-state index contributed by atoms with van der Waals surface area (Å²) in [6.45, 7) is 4.37. The van der Waals surface area contributed by atoms with Gasteiger partial charge in [0.1, 0.15) is 11.2 Å². The lowest BCUT2D eigenvalue weighted by molar-refractivity contribution is -0.131. The van der Waals surface area contributed by atoms with Crippen molar-refractivity contribution in [3.8, 4) is 11.3 Å². The van der Waals surface area contributed by atoms with Crippen LogP contribution in [0.15, 0.2) is 60.9 Å². The van der Waals surface area contributed by atoms with Gasteiger partial charge in [0.25, 0.3) is 0 Å². The molecule has 8 nitrogen and oxygen atoms in total. The lowest BCUT2D eigenvalue weighted by Crippen LogP contribution is -2.40. The third-order valence-corrected chi connectivity index (χ3v) is 8.19. The quantitative estimate of drug-likeness (QED) is 0.391. The lowest BCUT2D eigenvalue weighted by atomic mass is 10.00. The number of hydrogen-bond acceptors (Lipinski definition) is 6. The van der Waals surface area contributed by atoms with Crippen molar-refractivity contribution < 1.29 is 9.53 Å². The van der Waals surface area contributed by atoms with Crippen molar-refractivity contribution in [3.63, 3.8) is 0 Å². The summed E-state index contributed by atoms with van der Waals surface area (Å²) >= 11 is 0. The van der Waals surface area contributed by atoms with Gasteiger partial charge in [0, 0.05) is 37.8 Å². The van der Waals surface area contributed by atoms with Crippen LogP contribution in [0.5, 0.6) is 0 Å². The van der Waals surface area contributed by atoms with Crippen molar-refractivity contribution in [1.29, 1.82) is 0 Å². The highest BCUT2D eigenvalue weighted by Crippen LogP contribution is 2.36. The number of nitrogens with zero attached hydrogens (tertiary/aromatic N) is 6. The van der Waals surface area contributed by atoms with E-state index < -0.39 is 0 Å². The first-order chi connectivity index (χ1) is 19.2. The number of carbonyl (C=O) groups excluding carboxylic acids is 1. The molecular weight excluding hydrogens is 488 g/mol. The average molecular weight is 521 g/mol. The molecule has 2 aromatic carbocycles. The zero-order chi connectivity index (χ0) is 26.2. The molecule has 3 aliphatic rings. The Morgan fingerprint density at radius 2 is 1.77 bits per heavy atom. The molecule has 2 aromatic heterocycles. The molecule has 0 saturated carbocycles. The number of allylic oxidation sites excluding steroid dienone is 1. The molecule has 0 bridgehead atoms. The van der Waals surface area contributed by atoms with Crippen LogP contribution in [0.2, 0.25) is 0 Å². The number of morpholine rings is 1. The van der Waals surface area contributed by atoms with E-state index in [-0.39, 0.29) is 11.9 Å². The van der Waals surface area contributed by atoms with Crippen molar-refractivity contribution in [3.05, 3.63) is 77.6 Å². The summed E-state index contributed by atoms with van der Waals surface area (Å²) in [7, 11) is 0. The summed E-state index contributed by atoms with van der Waals surface area (Å²) < 4.78 is 7.82. The summed E-state index contributed by atoms with van der Waals surface area (Å²) in [6, 6.07) is 16.7. The van der Waals surface area contributed by atoms with Crippen molar-refractivity contribution in [2.45, 2.75) is 31.7 Å². The van der Waals surface area contributed by atoms with Gasteiger partial charge in [-0.3, -0.25) is 4.79 Å². The number of imidazole rings is 1. The van der Waals surface area contributed by atoms with E-state index in [4.69, 9.17) is 19.7 Å². The minimum atomic E-state index is 0.195. The highest BCUT2D eigenvalue weighted by Gasteiger charge is 2.28. The molecule has 0 radical (unpaired) electrons. The molecule has 0 spiro atoms. The predicted molar refractivity (Wildman–Crippen MR) is 152 cm³/mol. The molecule has 39 heavy (non-hydrogen) atoms. The summed E-state index contributed by atoms with van der Waals surface area (Å²) in [5.74, 6) is 0.929. The van der Waals surface area contributed by atoms with E-state index in [2.05, 4.69) is 39.8 Å². The minimum absolute atomic E-state index is 0.195. The zero-order valence-corrected chi connectivity index (χ0v) is 22.0.